The Morgan fingerprint density at radius 2 is 1.80 bits per heavy atom. The standard InChI is InChI=1S/C14H18N2O.C4H4O4/c1-10-3-4-13-12(9-10)14(15-17-13)11-5-7-16(2)8-6-11;5-3(6)1-2-4(7)8/h3-4,9,11H,5-8H2,1-2H3;1-2H,(H,5,6)(H,7,8). The molecule has 2 aromatic rings. The van der Waals surface area contributed by atoms with E-state index in [1.54, 1.807) is 0 Å². The number of fused-ring (bicyclic) bond motifs is 1. The van der Waals surface area contributed by atoms with Crippen molar-refractivity contribution in [3.8, 4) is 0 Å². The molecule has 0 saturated carbocycles. The van der Waals surface area contributed by atoms with E-state index in [1.165, 1.54) is 23.8 Å². The van der Waals surface area contributed by atoms with Crippen molar-refractivity contribution in [3.63, 3.8) is 0 Å². The van der Waals surface area contributed by atoms with Crippen molar-refractivity contribution in [1.29, 1.82) is 0 Å². The van der Waals surface area contributed by atoms with Crippen LogP contribution in [0.1, 0.15) is 30.0 Å². The highest BCUT2D eigenvalue weighted by atomic mass is 16.5. The van der Waals surface area contributed by atoms with Gasteiger partial charge in [-0.2, -0.15) is 0 Å². The zero-order valence-electron chi connectivity index (χ0n) is 14.3. The van der Waals surface area contributed by atoms with Gasteiger partial charge >= 0.3 is 11.9 Å². The second-order valence-corrected chi connectivity index (χ2v) is 6.15. The summed E-state index contributed by atoms with van der Waals surface area (Å²) in [5.74, 6) is -1.95. The number of carboxylic acids is 2. The lowest BCUT2D eigenvalue weighted by Gasteiger charge is -2.27. The summed E-state index contributed by atoms with van der Waals surface area (Å²) in [6.45, 7) is 4.43. The number of aliphatic carboxylic acids is 2. The molecule has 1 fully saturated rings. The maximum Gasteiger partial charge on any atom is 0.328 e. The topological polar surface area (TPSA) is 104 Å². The number of nitrogens with zero attached hydrogens (tertiary/aromatic N) is 2. The third-order valence-corrected chi connectivity index (χ3v) is 4.13. The zero-order valence-corrected chi connectivity index (χ0v) is 14.3. The fourth-order valence-corrected chi connectivity index (χ4v) is 2.79. The van der Waals surface area contributed by atoms with Gasteiger partial charge in [-0.3, -0.25) is 0 Å². The predicted molar refractivity (Wildman–Crippen MR) is 92.6 cm³/mol. The van der Waals surface area contributed by atoms with Crippen LogP contribution in [-0.4, -0.2) is 52.3 Å². The summed E-state index contributed by atoms with van der Waals surface area (Å²) in [7, 11) is 2.18. The molecule has 2 N–H and O–H groups in total. The first-order valence-corrected chi connectivity index (χ1v) is 8.05. The van der Waals surface area contributed by atoms with Gasteiger partial charge < -0.3 is 19.6 Å². The van der Waals surface area contributed by atoms with Gasteiger partial charge in [0.1, 0.15) is 0 Å². The van der Waals surface area contributed by atoms with Crippen molar-refractivity contribution in [2.75, 3.05) is 20.1 Å². The highest BCUT2D eigenvalue weighted by molar-refractivity contribution is 5.89. The molecule has 134 valence electrons. The minimum absolute atomic E-state index is 0.558. The molecular weight excluding hydrogens is 324 g/mol. The highest BCUT2D eigenvalue weighted by Crippen LogP contribution is 2.32. The quantitative estimate of drug-likeness (QED) is 0.823. The van der Waals surface area contributed by atoms with E-state index >= 15 is 0 Å². The lowest BCUT2D eigenvalue weighted by molar-refractivity contribution is -0.134. The largest absolute Gasteiger partial charge is 0.478 e. The van der Waals surface area contributed by atoms with Gasteiger partial charge in [0.15, 0.2) is 5.58 Å². The molecule has 25 heavy (non-hydrogen) atoms. The second-order valence-electron chi connectivity index (χ2n) is 6.15. The van der Waals surface area contributed by atoms with E-state index in [4.69, 9.17) is 14.7 Å². The Balaban J connectivity index is 0.000000242. The van der Waals surface area contributed by atoms with Crippen molar-refractivity contribution >= 4 is 22.9 Å². The number of likely N-dealkylation sites (tertiary alicyclic amines) is 1. The molecule has 1 aromatic heterocycles. The fraction of sp³-hybridized carbons (Fsp3) is 0.389. The molecular formula is C18H22N2O5. The summed E-state index contributed by atoms with van der Waals surface area (Å²) in [4.78, 5) is 21.5. The minimum atomic E-state index is -1.26. The van der Waals surface area contributed by atoms with Crippen LogP contribution < -0.4 is 0 Å². The second kappa shape index (κ2) is 8.43. The van der Waals surface area contributed by atoms with Crippen LogP contribution in [0.3, 0.4) is 0 Å². The molecule has 1 saturated heterocycles. The van der Waals surface area contributed by atoms with Crippen LogP contribution in [0.2, 0.25) is 0 Å². The molecule has 0 radical (unpaired) electrons. The SMILES string of the molecule is Cc1ccc2onc(C3CCN(C)CC3)c2c1.O=C(O)C=CC(=O)O. The number of aryl methyl sites for hydroxylation is 1. The molecule has 7 heteroatoms. The summed E-state index contributed by atoms with van der Waals surface area (Å²) in [5.41, 5.74) is 3.36. The van der Waals surface area contributed by atoms with Crippen molar-refractivity contribution in [2.24, 2.45) is 0 Å². The average Bonchev–Trinajstić information content (AvgIpc) is 2.97. The maximum absolute atomic E-state index is 9.55. The molecule has 0 spiro atoms. The van der Waals surface area contributed by atoms with Crippen LogP contribution in [-0.2, 0) is 9.59 Å². The zero-order chi connectivity index (χ0) is 18.4. The first-order valence-electron chi connectivity index (χ1n) is 8.05. The van der Waals surface area contributed by atoms with Crippen LogP contribution in [0.25, 0.3) is 11.0 Å². The first kappa shape index (κ1) is 18.7. The summed E-state index contributed by atoms with van der Waals surface area (Å²) < 4.78 is 5.42. The summed E-state index contributed by atoms with van der Waals surface area (Å²) >= 11 is 0. The first-order chi connectivity index (χ1) is 11.9. The number of carbonyl (C=O) groups is 2. The van der Waals surface area contributed by atoms with Crippen LogP contribution in [0, 0.1) is 6.92 Å². The van der Waals surface area contributed by atoms with E-state index < -0.39 is 11.9 Å². The van der Waals surface area contributed by atoms with Gasteiger partial charge in [-0.05, 0) is 52.0 Å². The molecule has 7 nitrogen and oxygen atoms in total. The number of benzene rings is 1. The third kappa shape index (κ3) is 5.42. The monoisotopic (exact) mass is 346 g/mol. The van der Waals surface area contributed by atoms with E-state index in [9.17, 15) is 9.59 Å². The molecule has 0 amide bonds. The molecule has 0 bridgehead atoms. The number of aromatic nitrogens is 1. The fourth-order valence-electron chi connectivity index (χ4n) is 2.79. The van der Waals surface area contributed by atoms with Crippen LogP contribution in [0.5, 0.6) is 0 Å². The number of hydrogen-bond donors (Lipinski definition) is 2. The van der Waals surface area contributed by atoms with E-state index in [-0.39, 0.29) is 0 Å². The molecule has 0 unspecified atom stereocenters. The summed E-state index contributed by atoms with van der Waals surface area (Å²) in [5, 5.41) is 21.1. The number of carboxylic acid groups (broad SMARTS) is 2. The van der Waals surface area contributed by atoms with Gasteiger partial charge in [-0.15, -0.1) is 0 Å². The Labute approximate surface area is 145 Å². The van der Waals surface area contributed by atoms with Crippen LogP contribution in [0.4, 0.5) is 0 Å². The highest BCUT2D eigenvalue weighted by Gasteiger charge is 2.23. The van der Waals surface area contributed by atoms with Crippen LogP contribution in [0.15, 0.2) is 34.9 Å². The number of rotatable bonds is 3. The van der Waals surface area contributed by atoms with Crippen molar-refractivity contribution in [3.05, 3.63) is 41.6 Å². The van der Waals surface area contributed by atoms with E-state index in [1.807, 2.05) is 6.07 Å². The Bertz CT molecular complexity index is 757. The van der Waals surface area contributed by atoms with Gasteiger partial charge in [-0.1, -0.05) is 16.8 Å². The average molecular weight is 346 g/mol. The van der Waals surface area contributed by atoms with E-state index in [0.29, 0.717) is 18.1 Å². The number of hydrogen-bond acceptors (Lipinski definition) is 5. The van der Waals surface area contributed by atoms with Crippen molar-refractivity contribution in [1.82, 2.24) is 10.1 Å². The third-order valence-electron chi connectivity index (χ3n) is 4.13. The Hall–Kier alpha value is -2.67. The smallest absolute Gasteiger partial charge is 0.328 e. The minimum Gasteiger partial charge on any atom is -0.478 e. The van der Waals surface area contributed by atoms with Gasteiger partial charge in [0.05, 0.1) is 5.69 Å². The lowest BCUT2D eigenvalue weighted by Crippen LogP contribution is -2.29. The molecule has 1 aliphatic rings. The summed E-state index contributed by atoms with van der Waals surface area (Å²) in [6.07, 6.45) is 3.49. The molecule has 1 aliphatic heterocycles. The predicted octanol–water partition coefficient (Wildman–Crippen LogP) is 2.66. The molecule has 0 atom stereocenters. The molecule has 1 aromatic carbocycles. The van der Waals surface area contributed by atoms with Crippen LogP contribution >= 0.6 is 0 Å². The normalized spacial score (nSPS) is 15.9. The maximum atomic E-state index is 9.55. The Morgan fingerprint density at radius 1 is 1.20 bits per heavy atom. The van der Waals surface area contributed by atoms with Gasteiger partial charge in [0.2, 0.25) is 0 Å². The van der Waals surface area contributed by atoms with Gasteiger partial charge in [-0.25, -0.2) is 9.59 Å². The van der Waals surface area contributed by atoms with E-state index in [0.717, 1.165) is 24.4 Å². The van der Waals surface area contributed by atoms with Gasteiger partial charge in [0.25, 0.3) is 0 Å². The Morgan fingerprint density at radius 3 is 2.36 bits per heavy atom. The van der Waals surface area contributed by atoms with Gasteiger partial charge in [0, 0.05) is 23.5 Å². The van der Waals surface area contributed by atoms with Crippen molar-refractivity contribution in [2.45, 2.75) is 25.7 Å². The van der Waals surface area contributed by atoms with E-state index in [2.05, 4.69) is 36.2 Å². The Kier molecular flexibility index (Phi) is 6.30. The molecule has 2 heterocycles. The lowest BCUT2D eigenvalue weighted by atomic mass is 9.91. The summed E-state index contributed by atoms with van der Waals surface area (Å²) in [6, 6.07) is 6.29. The van der Waals surface area contributed by atoms with Crippen molar-refractivity contribution < 1.29 is 24.3 Å². The molecule has 0 aliphatic carbocycles. The molecule has 3 rings (SSSR count). The number of piperidine rings is 1.